The van der Waals surface area contributed by atoms with E-state index in [0.717, 1.165) is 16.7 Å². The van der Waals surface area contributed by atoms with Crippen molar-refractivity contribution in [1.29, 1.82) is 0 Å². The summed E-state index contributed by atoms with van der Waals surface area (Å²) in [6.45, 7) is 9.78. The number of hydrogen-bond donors (Lipinski definition) is 1. The molecular formula is C37H44N2O5S. The summed E-state index contributed by atoms with van der Waals surface area (Å²) in [5.74, 6) is 0.0538. The maximum absolute atomic E-state index is 14.5. The Bertz CT molecular complexity index is 1540. The van der Waals surface area contributed by atoms with Gasteiger partial charge in [-0.3, -0.25) is 9.63 Å². The van der Waals surface area contributed by atoms with Gasteiger partial charge in [-0.25, -0.2) is 13.9 Å². The Balaban J connectivity index is 1.82. The predicted octanol–water partition coefficient (Wildman–Crippen LogP) is 7.19. The van der Waals surface area contributed by atoms with Crippen molar-refractivity contribution in [1.82, 2.24) is 9.79 Å². The second kappa shape index (κ2) is 14.4. The van der Waals surface area contributed by atoms with Crippen LogP contribution in [0.4, 0.5) is 0 Å². The molecule has 4 rings (SSSR count). The van der Waals surface area contributed by atoms with Gasteiger partial charge in [-0.2, -0.15) is 4.31 Å². The highest BCUT2D eigenvalue weighted by atomic mass is 32.2. The number of nitrogens with one attached hydrogen (secondary N) is 1. The molecule has 0 aliphatic heterocycles. The van der Waals surface area contributed by atoms with Crippen LogP contribution in [0.15, 0.2) is 120 Å². The number of hydroxylamine groups is 1. The van der Waals surface area contributed by atoms with E-state index in [1.165, 1.54) is 23.5 Å². The molecule has 0 spiro atoms. The maximum Gasteiger partial charge on any atom is 0.262 e. The predicted molar refractivity (Wildman–Crippen MR) is 178 cm³/mol. The zero-order valence-corrected chi connectivity index (χ0v) is 27.8. The number of amides is 1. The van der Waals surface area contributed by atoms with E-state index in [4.69, 9.17) is 9.57 Å². The number of carbonyl (C=O) groups is 1. The van der Waals surface area contributed by atoms with Crippen molar-refractivity contribution in [2.75, 3.05) is 13.7 Å². The van der Waals surface area contributed by atoms with E-state index in [9.17, 15) is 13.2 Å². The van der Waals surface area contributed by atoms with Crippen LogP contribution in [0.5, 0.6) is 5.75 Å². The Hall–Kier alpha value is -3.98. The van der Waals surface area contributed by atoms with Crippen LogP contribution in [-0.2, 0) is 25.3 Å². The molecule has 8 heteroatoms. The third-order valence-electron chi connectivity index (χ3n) is 7.78. The summed E-state index contributed by atoms with van der Waals surface area (Å²) in [6, 6.07) is 34.3. The van der Waals surface area contributed by atoms with Gasteiger partial charge >= 0.3 is 0 Å². The molecule has 4 aromatic carbocycles. The fourth-order valence-electron chi connectivity index (χ4n) is 5.50. The zero-order valence-electron chi connectivity index (χ0n) is 26.9. The number of benzene rings is 4. The minimum atomic E-state index is -4.13. The first kappa shape index (κ1) is 33.9. The van der Waals surface area contributed by atoms with Crippen LogP contribution in [0.2, 0.25) is 0 Å². The van der Waals surface area contributed by atoms with Gasteiger partial charge in [0, 0.05) is 12.6 Å². The van der Waals surface area contributed by atoms with Gasteiger partial charge in [-0.1, -0.05) is 132 Å². The second-order valence-corrected chi connectivity index (χ2v) is 14.5. The topological polar surface area (TPSA) is 84.9 Å². The summed E-state index contributed by atoms with van der Waals surface area (Å²) in [5, 5.41) is 0. The number of carbonyl (C=O) groups excluding carboxylic acids is 1. The molecule has 0 saturated carbocycles. The minimum Gasteiger partial charge on any atom is -0.497 e. The van der Waals surface area contributed by atoms with Crippen LogP contribution in [0.25, 0.3) is 0 Å². The standard InChI is InChI=1S/C37H44N2O5S/c1-28(2)25-26-39(45(41,42)33-24-16-23-32(27-33)43-6)34(36(3,4)5)35(40)38-44-37(29-17-10-7-11-18-29,30-19-12-8-13-20-30)31-21-14-9-15-22-31/h7-24,27-28,34H,25-26H2,1-6H3,(H,38,40)/t34-/m0/s1. The molecule has 0 aliphatic rings. The fourth-order valence-corrected chi connectivity index (χ4v) is 7.33. The molecule has 4 aromatic rings. The van der Waals surface area contributed by atoms with E-state index < -0.39 is 33.0 Å². The van der Waals surface area contributed by atoms with Crippen molar-refractivity contribution in [3.8, 4) is 5.75 Å². The van der Waals surface area contributed by atoms with E-state index >= 15 is 0 Å². The second-order valence-electron chi connectivity index (χ2n) is 12.6. The Morgan fingerprint density at radius 1 is 0.778 bits per heavy atom. The Kier molecular flexibility index (Phi) is 10.9. The van der Waals surface area contributed by atoms with Gasteiger partial charge in [0.1, 0.15) is 11.8 Å². The third-order valence-corrected chi connectivity index (χ3v) is 9.64. The number of rotatable bonds is 13. The van der Waals surface area contributed by atoms with Crippen LogP contribution in [-0.4, -0.2) is 38.3 Å². The highest BCUT2D eigenvalue weighted by Crippen LogP contribution is 2.40. The highest BCUT2D eigenvalue weighted by Gasteiger charge is 2.45. The Morgan fingerprint density at radius 3 is 1.69 bits per heavy atom. The molecule has 0 saturated heterocycles. The van der Waals surface area contributed by atoms with Gasteiger partial charge in [-0.05, 0) is 46.6 Å². The van der Waals surface area contributed by atoms with Crippen molar-refractivity contribution in [3.05, 3.63) is 132 Å². The zero-order chi connectivity index (χ0) is 32.7. The van der Waals surface area contributed by atoms with Gasteiger partial charge in [0.15, 0.2) is 5.60 Å². The number of methoxy groups -OCH3 is 1. The number of nitrogens with zero attached hydrogens (tertiary/aromatic N) is 1. The first-order valence-electron chi connectivity index (χ1n) is 15.2. The molecule has 0 aliphatic carbocycles. The molecule has 0 bridgehead atoms. The van der Waals surface area contributed by atoms with E-state index in [2.05, 4.69) is 5.48 Å². The molecule has 7 nitrogen and oxygen atoms in total. The van der Waals surface area contributed by atoms with Gasteiger partial charge in [0.2, 0.25) is 10.0 Å². The van der Waals surface area contributed by atoms with Crippen LogP contribution < -0.4 is 10.2 Å². The van der Waals surface area contributed by atoms with E-state index in [0.29, 0.717) is 12.2 Å². The summed E-state index contributed by atoms with van der Waals surface area (Å²) in [4.78, 5) is 21.1. The quantitative estimate of drug-likeness (QED) is 0.125. The molecule has 0 radical (unpaired) electrons. The van der Waals surface area contributed by atoms with E-state index in [-0.39, 0.29) is 17.4 Å². The van der Waals surface area contributed by atoms with Crippen molar-refractivity contribution < 1.29 is 22.8 Å². The smallest absolute Gasteiger partial charge is 0.262 e. The largest absolute Gasteiger partial charge is 0.497 e. The van der Waals surface area contributed by atoms with Crippen LogP contribution in [0, 0.1) is 11.3 Å². The average molecular weight is 629 g/mol. The molecule has 238 valence electrons. The summed E-state index contributed by atoms with van der Waals surface area (Å²) in [6.07, 6.45) is 0.561. The van der Waals surface area contributed by atoms with E-state index in [1.54, 1.807) is 12.1 Å². The lowest BCUT2D eigenvalue weighted by atomic mass is 9.80. The van der Waals surface area contributed by atoms with Crippen molar-refractivity contribution >= 4 is 15.9 Å². The molecule has 1 atom stereocenters. The van der Waals surface area contributed by atoms with Gasteiger partial charge in [-0.15, -0.1) is 0 Å². The average Bonchev–Trinajstić information content (AvgIpc) is 3.04. The lowest BCUT2D eigenvalue weighted by Gasteiger charge is -2.40. The number of ether oxygens (including phenoxy) is 1. The monoisotopic (exact) mass is 628 g/mol. The van der Waals surface area contributed by atoms with Crippen LogP contribution in [0.1, 0.15) is 57.7 Å². The van der Waals surface area contributed by atoms with Gasteiger partial charge < -0.3 is 4.74 Å². The third kappa shape index (κ3) is 7.64. The highest BCUT2D eigenvalue weighted by molar-refractivity contribution is 7.89. The Labute approximate surface area is 268 Å². The first-order valence-corrected chi connectivity index (χ1v) is 16.7. The summed E-state index contributed by atoms with van der Waals surface area (Å²) >= 11 is 0. The summed E-state index contributed by atoms with van der Waals surface area (Å²) in [7, 11) is -2.64. The lowest BCUT2D eigenvalue weighted by Crippen LogP contribution is -2.57. The van der Waals surface area contributed by atoms with Gasteiger partial charge in [0.05, 0.1) is 12.0 Å². The van der Waals surface area contributed by atoms with Crippen molar-refractivity contribution in [3.63, 3.8) is 0 Å². The molecule has 1 N–H and O–H groups in total. The molecular weight excluding hydrogens is 584 g/mol. The summed E-state index contributed by atoms with van der Waals surface area (Å²) < 4.78 is 35.3. The molecule has 0 aromatic heterocycles. The fraction of sp³-hybridized carbons (Fsp3) is 0.324. The summed E-state index contributed by atoms with van der Waals surface area (Å²) in [5.41, 5.74) is 3.15. The molecule has 0 heterocycles. The maximum atomic E-state index is 14.5. The molecule has 45 heavy (non-hydrogen) atoms. The minimum absolute atomic E-state index is 0.0563. The Morgan fingerprint density at radius 2 is 1.27 bits per heavy atom. The van der Waals surface area contributed by atoms with E-state index in [1.807, 2.05) is 126 Å². The van der Waals surface area contributed by atoms with Crippen LogP contribution in [0.3, 0.4) is 0 Å². The molecule has 0 fully saturated rings. The lowest BCUT2D eigenvalue weighted by molar-refractivity contribution is -0.150. The van der Waals surface area contributed by atoms with Crippen molar-refractivity contribution in [2.45, 2.75) is 57.6 Å². The number of hydrogen-bond acceptors (Lipinski definition) is 5. The number of sulfonamides is 1. The molecule has 1 amide bonds. The van der Waals surface area contributed by atoms with Crippen molar-refractivity contribution in [2.24, 2.45) is 11.3 Å². The first-order chi connectivity index (χ1) is 21.4. The normalized spacial score (nSPS) is 13.1. The molecule has 0 unspecified atom stereocenters. The SMILES string of the molecule is COc1cccc(S(=O)(=O)N(CCC(C)C)[C@@H](C(=O)NOC(c2ccccc2)(c2ccccc2)c2ccccc2)C(C)(C)C)c1. The van der Waals surface area contributed by atoms with Gasteiger partial charge in [0.25, 0.3) is 5.91 Å². The van der Waals surface area contributed by atoms with Crippen LogP contribution >= 0.6 is 0 Å².